The second-order valence-electron chi connectivity index (χ2n) is 5.68. The first-order valence-corrected chi connectivity index (χ1v) is 7.12. The third-order valence-corrected chi connectivity index (χ3v) is 5.19. The molecule has 3 heteroatoms. The van der Waals surface area contributed by atoms with Gasteiger partial charge in [0.05, 0.1) is 0 Å². The maximum Gasteiger partial charge on any atom is 0.165 e. The van der Waals surface area contributed by atoms with Crippen molar-refractivity contribution in [1.82, 2.24) is 0 Å². The van der Waals surface area contributed by atoms with Gasteiger partial charge in [-0.2, -0.15) is 0 Å². The van der Waals surface area contributed by atoms with Crippen LogP contribution in [0.5, 0.6) is 5.75 Å². The summed E-state index contributed by atoms with van der Waals surface area (Å²) in [6, 6.07) is 5.01. The van der Waals surface area contributed by atoms with Crippen LogP contribution in [0.3, 0.4) is 0 Å². The SMILES string of the molecule is Cc1ccc(F)c(OC2CC(Cl)C23CCCC3)c1. The molecule has 0 N–H and O–H groups in total. The van der Waals surface area contributed by atoms with Crippen molar-refractivity contribution >= 4 is 11.6 Å². The van der Waals surface area contributed by atoms with Crippen molar-refractivity contribution in [3.05, 3.63) is 29.6 Å². The van der Waals surface area contributed by atoms with E-state index in [9.17, 15) is 4.39 Å². The van der Waals surface area contributed by atoms with E-state index in [4.69, 9.17) is 16.3 Å². The first-order valence-electron chi connectivity index (χ1n) is 6.69. The predicted octanol–water partition coefficient (Wildman–Crippen LogP) is 4.45. The Morgan fingerprint density at radius 2 is 2.06 bits per heavy atom. The van der Waals surface area contributed by atoms with Gasteiger partial charge in [0.25, 0.3) is 0 Å². The average Bonchev–Trinajstić information content (AvgIpc) is 2.85. The number of alkyl halides is 1. The van der Waals surface area contributed by atoms with Crippen LogP contribution >= 0.6 is 11.6 Å². The summed E-state index contributed by atoms with van der Waals surface area (Å²) in [6.45, 7) is 1.95. The van der Waals surface area contributed by atoms with E-state index >= 15 is 0 Å². The van der Waals surface area contributed by atoms with Gasteiger partial charge in [-0.05, 0) is 37.5 Å². The molecule has 2 atom stereocenters. The molecule has 3 rings (SSSR count). The molecule has 98 valence electrons. The highest BCUT2D eigenvalue weighted by molar-refractivity contribution is 6.21. The first-order chi connectivity index (χ1) is 8.62. The van der Waals surface area contributed by atoms with Crippen molar-refractivity contribution in [3.8, 4) is 5.75 Å². The van der Waals surface area contributed by atoms with Gasteiger partial charge in [0.1, 0.15) is 6.10 Å². The number of halogens is 2. The Hall–Kier alpha value is -0.760. The molecule has 0 aliphatic heterocycles. The van der Waals surface area contributed by atoms with Crippen LogP contribution in [0.1, 0.15) is 37.7 Å². The summed E-state index contributed by atoms with van der Waals surface area (Å²) in [6.07, 6.45) is 5.63. The lowest BCUT2D eigenvalue weighted by Crippen LogP contribution is -2.55. The maximum absolute atomic E-state index is 13.7. The van der Waals surface area contributed by atoms with Crippen molar-refractivity contribution in [3.63, 3.8) is 0 Å². The Labute approximate surface area is 112 Å². The van der Waals surface area contributed by atoms with E-state index in [2.05, 4.69) is 0 Å². The molecule has 2 aliphatic rings. The summed E-state index contributed by atoms with van der Waals surface area (Å²) < 4.78 is 19.6. The molecule has 0 bridgehead atoms. The fraction of sp³-hybridized carbons (Fsp3) is 0.600. The molecule has 0 heterocycles. The molecule has 1 aromatic rings. The zero-order valence-electron chi connectivity index (χ0n) is 10.6. The number of hydrogen-bond donors (Lipinski definition) is 0. The van der Waals surface area contributed by atoms with Crippen molar-refractivity contribution in [2.24, 2.45) is 5.41 Å². The minimum atomic E-state index is -0.272. The molecular weight excluding hydrogens is 251 g/mol. The summed E-state index contributed by atoms with van der Waals surface area (Å²) in [7, 11) is 0. The lowest BCUT2D eigenvalue weighted by atomic mass is 9.64. The highest BCUT2D eigenvalue weighted by Crippen LogP contribution is 2.57. The normalized spacial score (nSPS) is 29.3. The van der Waals surface area contributed by atoms with E-state index in [1.54, 1.807) is 12.1 Å². The topological polar surface area (TPSA) is 9.23 Å². The number of ether oxygens (including phenoxy) is 1. The molecular formula is C15H18ClFO. The van der Waals surface area contributed by atoms with Crippen LogP contribution in [0.2, 0.25) is 0 Å². The van der Waals surface area contributed by atoms with E-state index in [-0.39, 0.29) is 22.7 Å². The monoisotopic (exact) mass is 268 g/mol. The average molecular weight is 269 g/mol. The van der Waals surface area contributed by atoms with Gasteiger partial charge in [-0.3, -0.25) is 0 Å². The lowest BCUT2D eigenvalue weighted by molar-refractivity contribution is -0.0375. The van der Waals surface area contributed by atoms with Crippen LogP contribution in [0.15, 0.2) is 18.2 Å². The Kier molecular flexibility index (Phi) is 3.01. The van der Waals surface area contributed by atoms with Crippen molar-refractivity contribution < 1.29 is 9.13 Å². The van der Waals surface area contributed by atoms with Gasteiger partial charge >= 0.3 is 0 Å². The third kappa shape index (κ3) is 1.82. The molecule has 1 spiro atoms. The Balaban J connectivity index is 1.79. The third-order valence-electron chi connectivity index (χ3n) is 4.58. The summed E-state index contributed by atoms with van der Waals surface area (Å²) >= 11 is 6.37. The van der Waals surface area contributed by atoms with Crippen LogP contribution in [-0.2, 0) is 0 Å². The van der Waals surface area contributed by atoms with E-state index in [0.717, 1.165) is 24.8 Å². The fourth-order valence-corrected chi connectivity index (χ4v) is 3.91. The maximum atomic E-state index is 13.7. The summed E-state index contributed by atoms with van der Waals surface area (Å²) in [5, 5.41) is 0.206. The summed E-state index contributed by atoms with van der Waals surface area (Å²) in [4.78, 5) is 0. The Morgan fingerprint density at radius 3 is 2.72 bits per heavy atom. The quantitative estimate of drug-likeness (QED) is 0.720. The van der Waals surface area contributed by atoms with Crippen LogP contribution in [0, 0.1) is 18.2 Å². The van der Waals surface area contributed by atoms with Gasteiger partial charge in [-0.25, -0.2) is 4.39 Å². The predicted molar refractivity (Wildman–Crippen MR) is 70.7 cm³/mol. The van der Waals surface area contributed by atoms with Crippen LogP contribution in [0.25, 0.3) is 0 Å². The molecule has 0 radical (unpaired) electrons. The number of benzene rings is 1. The lowest BCUT2D eigenvalue weighted by Gasteiger charge is -2.50. The van der Waals surface area contributed by atoms with Crippen molar-refractivity contribution in [2.75, 3.05) is 0 Å². The molecule has 2 saturated carbocycles. The van der Waals surface area contributed by atoms with Gasteiger partial charge in [0.15, 0.2) is 11.6 Å². The minimum absolute atomic E-state index is 0.0961. The van der Waals surface area contributed by atoms with Gasteiger partial charge < -0.3 is 4.74 Å². The largest absolute Gasteiger partial charge is 0.487 e. The van der Waals surface area contributed by atoms with E-state index < -0.39 is 0 Å². The second-order valence-corrected chi connectivity index (χ2v) is 6.21. The number of aryl methyl sites for hydroxylation is 1. The zero-order chi connectivity index (χ0) is 12.8. The van der Waals surface area contributed by atoms with Crippen LogP contribution < -0.4 is 4.74 Å². The molecule has 0 amide bonds. The zero-order valence-corrected chi connectivity index (χ0v) is 11.3. The van der Waals surface area contributed by atoms with E-state index in [0.29, 0.717) is 5.75 Å². The molecule has 2 aliphatic carbocycles. The van der Waals surface area contributed by atoms with Crippen LogP contribution in [-0.4, -0.2) is 11.5 Å². The molecule has 0 saturated heterocycles. The number of rotatable bonds is 2. The Morgan fingerprint density at radius 1 is 1.33 bits per heavy atom. The number of hydrogen-bond acceptors (Lipinski definition) is 1. The van der Waals surface area contributed by atoms with Crippen molar-refractivity contribution in [1.29, 1.82) is 0 Å². The standard InChI is InChI=1S/C15H18ClFO/c1-10-4-5-11(17)12(8-10)18-14-9-13(16)15(14)6-2-3-7-15/h4-5,8,13-14H,2-3,6-7,9H2,1H3. The molecule has 2 fully saturated rings. The Bertz CT molecular complexity index is 454. The van der Waals surface area contributed by atoms with Gasteiger partial charge in [0.2, 0.25) is 0 Å². The van der Waals surface area contributed by atoms with Crippen molar-refractivity contribution in [2.45, 2.75) is 50.5 Å². The molecule has 0 aromatic heterocycles. The van der Waals surface area contributed by atoms with E-state index in [1.807, 2.05) is 6.92 Å². The highest BCUT2D eigenvalue weighted by atomic mass is 35.5. The van der Waals surface area contributed by atoms with Gasteiger partial charge in [0, 0.05) is 17.2 Å². The van der Waals surface area contributed by atoms with Gasteiger partial charge in [-0.1, -0.05) is 18.9 Å². The second kappa shape index (κ2) is 4.41. The molecule has 18 heavy (non-hydrogen) atoms. The van der Waals surface area contributed by atoms with Crippen LogP contribution in [0.4, 0.5) is 4.39 Å². The molecule has 1 aromatic carbocycles. The first kappa shape index (κ1) is 12.3. The molecule has 2 unspecified atom stereocenters. The van der Waals surface area contributed by atoms with E-state index in [1.165, 1.54) is 18.9 Å². The van der Waals surface area contributed by atoms with Gasteiger partial charge in [-0.15, -0.1) is 11.6 Å². The highest BCUT2D eigenvalue weighted by Gasteiger charge is 2.57. The smallest absolute Gasteiger partial charge is 0.165 e. The molecule has 1 nitrogen and oxygen atoms in total. The fourth-order valence-electron chi connectivity index (χ4n) is 3.39. The summed E-state index contributed by atoms with van der Waals surface area (Å²) in [5.41, 5.74) is 1.13. The minimum Gasteiger partial charge on any atom is -0.487 e. The summed E-state index contributed by atoms with van der Waals surface area (Å²) in [5.74, 6) is 0.113.